The molecule has 4 heteroatoms. The molecule has 0 unspecified atom stereocenters. The highest BCUT2D eigenvalue weighted by Crippen LogP contribution is 2.43. The molecule has 0 bridgehead atoms. The minimum absolute atomic E-state index is 0.0583. The first kappa shape index (κ1) is 19.0. The van der Waals surface area contributed by atoms with Gasteiger partial charge in [0.1, 0.15) is 5.75 Å². The third-order valence-electron chi connectivity index (χ3n) is 6.21. The first-order chi connectivity index (χ1) is 13.6. The van der Waals surface area contributed by atoms with Gasteiger partial charge in [0.25, 0.3) is 0 Å². The van der Waals surface area contributed by atoms with E-state index in [0.717, 1.165) is 42.6 Å². The SMILES string of the molecule is COc1ccc([C@@H](NC(=O)C2(c3cccc(C)c3)CCOCC2)C2CC2)cc1. The lowest BCUT2D eigenvalue weighted by Crippen LogP contribution is -2.49. The van der Waals surface area contributed by atoms with Gasteiger partial charge in [-0.25, -0.2) is 0 Å². The molecule has 1 saturated carbocycles. The summed E-state index contributed by atoms with van der Waals surface area (Å²) in [5.41, 5.74) is 2.94. The van der Waals surface area contributed by atoms with Crippen LogP contribution in [0.1, 0.15) is 48.4 Å². The van der Waals surface area contributed by atoms with E-state index in [1.165, 1.54) is 5.56 Å². The largest absolute Gasteiger partial charge is 0.497 e. The van der Waals surface area contributed by atoms with Gasteiger partial charge in [0, 0.05) is 13.2 Å². The van der Waals surface area contributed by atoms with Crippen LogP contribution in [0.15, 0.2) is 48.5 Å². The molecule has 0 spiro atoms. The van der Waals surface area contributed by atoms with E-state index in [0.29, 0.717) is 19.1 Å². The van der Waals surface area contributed by atoms with Gasteiger partial charge in [-0.3, -0.25) is 4.79 Å². The maximum atomic E-state index is 13.7. The lowest BCUT2D eigenvalue weighted by Gasteiger charge is -2.38. The van der Waals surface area contributed by atoms with Gasteiger partial charge in [0.2, 0.25) is 5.91 Å². The van der Waals surface area contributed by atoms with Crippen molar-refractivity contribution in [2.45, 2.75) is 44.1 Å². The van der Waals surface area contributed by atoms with E-state index < -0.39 is 5.41 Å². The summed E-state index contributed by atoms with van der Waals surface area (Å²) in [6.45, 7) is 3.33. The number of amides is 1. The molecule has 1 amide bonds. The Morgan fingerprint density at radius 3 is 2.46 bits per heavy atom. The molecule has 1 heterocycles. The Balaban J connectivity index is 1.62. The molecule has 4 rings (SSSR count). The molecule has 2 fully saturated rings. The van der Waals surface area contributed by atoms with Crippen molar-refractivity contribution in [3.63, 3.8) is 0 Å². The maximum Gasteiger partial charge on any atom is 0.231 e. The van der Waals surface area contributed by atoms with Crippen LogP contribution in [0.25, 0.3) is 0 Å². The standard InChI is InChI=1S/C24H29NO3/c1-17-4-3-5-20(16-17)24(12-14-28-15-13-24)23(26)25-22(18-6-7-18)19-8-10-21(27-2)11-9-19/h3-5,8-11,16,18,22H,6-7,12-15H2,1-2H3,(H,25,26)/t22-/m0/s1. The number of rotatable bonds is 6. The Kier molecular flexibility index (Phi) is 5.40. The predicted octanol–water partition coefficient (Wildman–Crippen LogP) is 4.32. The summed E-state index contributed by atoms with van der Waals surface area (Å²) in [7, 11) is 1.67. The van der Waals surface area contributed by atoms with Crippen molar-refractivity contribution in [1.29, 1.82) is 0 Å². The lowest BCUT2D eigenvalue weighted by atomic mass is 9.72. The van der Waals surface area contributed by atoms with Crippen LogP contribution in [-0.2, 0) is 14.9 Å². The monoisotopic (exact) mass is 379 g/mol. The first-order valence-electron chi connectivity index (χ1n) is 10.2. The maximum absolute atomic E-state index is 13.7. The molecular formula is C24H29NO3. The van der Waals surface area contributed by atoms with E-state index in [2.05, 4.69) is 48.6 Å². The predicted molar refractivity (Wildman–Crippen MR) is 110 cm³/mol. The number of carbonyl (C=O) groups is 1. The Bertz CT molecular complexity index is 820. The minimum Gasteiger partial charge on any atom is -0.497 e. The number of hydrogen-bond donors (Lipinski definition) is 1. The van der Waals surface area contributed by atoms with E-state index >= 15 is 0 Å². The molecular weight excluding hydrogens is 350 g/mol. The van der Waals surface area contributed by atoms with Crippen molar-refractivity contribution < 1.29 is 14.3 Å². The number of hydrogen-bond acceptors (Lipinski definition) is 3. The van der Waals surface area contributed by atoms with Crippen molar-refractivity contribution in [3.05, 3.63) is 65.2 Å². The first-order valence-corrected chi connectivity index (χ1v) is 10.2. The Hall–Kier alpha value is -2.33. The zero-order valence-electron chi connectivity index (χ0n) is 16.7. The van der Waals surface area contributed by atoms with Crippen LogP contribution < -0.4 is 10.1 Å². The van der Waals surface area contributed by atoms with Crippen molar-refractivity contribution in [3.8, 4) is 5.75 Å². The van der Waals surface area contributed by atoms with E-state index in [1.54, 1.807) is 7.11 Å². The zero-order chi connectivity index (χ0) is 19.6. The fourth-order valence-electron chi connectivity index (χ4n) is 4.30. The number of carbonyl (C=O) groups excluding carboxylic acids is 1. The summed E-state index contributed by atoms with van der Waals surface area (Å²) < 4.78 is 10.9. The average molecular weight is 380 g/mol. The smallest absolute Gasteiger partial charge is 0.231 e. The highest BCUT2D eigenvalue weighted by molar-refractivity contribution is 5.89. The molecule has 1 aliphatic heterocycles. The van der Waals surface area contributed by atoms with Crippen molar-refractivity contribution >= 4 is 5.91 Å². The molecule has 2 aromatic carbocycles. The second-order valence-corrected chi connectivity index (χ2v) is 8.13. The van der Waals surface area contributed by atoms with Crippen LogP contribution in [-0.4, -0.2) is 26.2 Å². The lowest BCUT2D eigenvalue weighted by molar-refractivity contribution is -0.131. The highest BCUT2D eigenvalue weighted by atomic mass is 16.5. The molecule has 1 saturated heterocycles. The molecule has 1 aliphatic carbocycles. The molecule has 0 aromatic heterocycles. The zero-order valence-corrected chi connectivity index (χ0v) is 16.7. The van der Waals surface area contributed by atoms with Gasteiger partial charge < -0.3 is 14.8 Å². The van der Waals surface area contributed by atoms with Crippen LogP contribution in [0.5, 0.6) is 5.75 Å². The summed E-state index contributed by atoms with van der Waals surface area (Å²) in [4.78, 5) is 13.7. The molecule has 28 heavy (non-hydrogen) atoms. The minimum atomic E-state index is -0.510. The van der Waals surface area contributed by atoms with Crippen molar-refractivity contribution in [2.75, 3.05) is 20.3 Å². The number of ether oxygens (including phenoxy) is 2. The van der Waals surface area contributed by atoms with Gasteiger partial charge in [0.15, 0.2) is 0 Å². The van der Waals surface area contributed by atoms with Crippen LogP contribution >= 0.6 is 0 Å². The number of benzene rings is 2. The fraction of sp³-hybridized carbons (Fsp3) is 0.458. The van der Waals surface area contributed by atoms with Gasteiger partial charge in [-0.05, 0) is 61.8 Å². The van der Waals surface area contributed by atoms with Crippen LogP contribution in [0, 0.1) is 12.8 Å². The molecule has 0 radical (unpaired) electrons. The topological polar surface area (TPSA) is 47.6 Å². The quantitative estimate of drug-likeness (QED) is 0.813. The Morgan fingerprint density at radius 1 is 1.14 bits per heavy atom. The molecule has 1 atom stereocenters. The van der Waals surface area contributed by atoms with Gasteiger partial charge in [-0.15, -0.1) is 0 Å². The van der Waals surface area contributed by atoms with Gasteiger partial charge >= 0.3 is 0 Å². The third-order valence-corrected chi connectivity index (χ3v) is 6.21. The highest BCUT2D eigenvalue weighted by Gasteiger charge is 2.44. The van der Waals surface area contributed by atoms with Crippen molar-refractivity contribution in [2.24, 2.45) is 5.92 Å². The molecule has 1 N–H and O–H groups in total. The van der Waals surface area contributed by atoms with E-state index in [1.807, 2.05) is 12.1 Å². The molecule has 2 aliphatic rings. The number of methoxy groups -OCH3 is 1. The van der Waals surface area contributed by atoms with Crippen LogP contribution in [0.2, 0.25) is 0 Å². The summed E-state index contributed by atoms with van der Waals surface area (Å²) in [6, 6.07) is 16.5. The Labute approximate surface area is 167 Å². The van der Waals surface area contributed by atoms with Gasteiger partial charge in [-0.1, -0.05) is 42.0 Å². The van der Waals surface area contributed by atoms with Crippen LogP contribution in [0.4, 0.5) is 0 Å². The van der Waals surface area contributed by atoms with Gasteiger partial charge in [-0.2, -0.15) is 0 Å². The summed E-state index contributed by atoms with van der Waals surface area (Å²) in [5.74, 6) is 1.49. The molecule has 2 aromatic rings. The van der Waals surface area contributed by atoms with Gasteiger partial charge in [0.05, 0.1) is 18.6 Å². The molecule has 148 valence electrons. The summed E-state index contributed by atoms with van der Waals surface area (Å²) >= 11 is 0. The number of nitrogens with one attached hydrogen (secondary N) is 1. The van der Waals surface area contributed by atoms with E-state index in [4.69, 9.17) is 9.47 Å². The van der Waals surface area contributed by atoms with Crippen LogP contribution in [0.3, 0.4) is 0 Å². The third kappa shape index (κ3) is 3.79. The average Bonchev–Trinajstić information content (AvgIpc) is 3.57. The molecule has 4 nitrogen and oxygen atoms in total. The summed E-state index contributed by atoms with van der Waals surface area (Å²) in [6.07, 6.45) is 3.78. The fourth-order valence-corrected chi connectivity index (χ4v) is 4.30. The van der Waals surface area contributed by atoms with Crippen molar-refractivity contribution in [1.82, 2.24) is 5.32 Å². The van der Waals surface area contributed by atoms with E-state index in [9.17, 15) is 4.79 Å². The Morgan fingerprint density at radius 2 is 1.86 bits per heavy atom. The number of aryl methyl sites for hydroxylation is 1. The second-order valence-electron chi connectivity index (χ2n) is 8.13. The normalized spacial score (nSPS) is 19.6. The summed E-state index contributed by atoms with van der Waals surface area (Å²) in [5, 5.41) is 3.43. The second kappa shape index (κ2) is 7.96. The van der Waals surface area contributed by atoms with E-state index in [-0.39, 0.29) is 11.9 Å².